The summed E-state index contributed by atoms with van der Waals surface area (Å²) >= 11 is 5.29. The van der Waals surface area contributed by atoms with Crippen LogP contribution in [-0.2, 0) is 25.5 Å². The molecule has 4 rings (SSSR count). The van der Waals surface area contributed by atoms with Gasteiger partial charge < -0.3 is 14.8 Å². The van der Waals surface area contributed by atoms with Crippen LogP contribution in [0.25, 0.3) is 0 Å². The summed E-state index contributed by atoms with van der Waals surface area (Å²) in [5.74, 6) is 0.429. The van der Waals surface area contributed by atoms with Gasteiger partial charge in [0.05, 0.1) is 5.71 Å². The zero-order valence-corrected chi connectivity index (χ0v) is 16.6. The van der Waals surface area contributed by atoms with E-state index >= 15 is 0 Å². The number of nitrogens with zero attached hydrogens (tertiary/aromatic N) is 2. The monoisotopic (exact) mass is 411 g/mol. The van der Waals surface area contributed by atoms with Gasteiger partial charge in [0.2, 0.25) is 23.7 Å². The normalized spacial score (nSPS) is 19.9. The molecule has 1 unspecified atom stereocenters. The van der Waals surface area contributed by atoms with Crippen molar-refractivity contribution in [2.75, 3.05) is 19.9 Å². The zero-order chi connectivity index (χ0) is 20.2. The number of nitrogens with one attached hydrogen (secondary N) is 1. The zero-order valence-electron chi connectivity index (χ0n) is 15.8. The van der Waals surface area contributed by atoms with Crippen molar-refractivity contribution in [3.05, 3.63) is 59.6 Å². The van der Waals surface area contributed by atoms with Crippen molar-refractivity contribution in [3.8, 4) is 0 Å². The summed E-state index contributed by atoms with van der Waals surface area (Å²) in [5, 5.41) is 3.13. The van der Waals surface area contributed by atoms with Crippen LogP contribution in [0.1, 0.15) is 18.4 Å². The first-order valence-corrected chi connectivity index (χ1v) is 9.96. The fourth-order valence-electron chi connectivity index (χ4n) is 3.42. The molecule has 1 fully saturated rings. The van der Waals surface area contributed by atoms with E-state index in [-0.39, 0.29) is 23.7 Å². The minimum absolute atomic E-state index is 0.0376. The highest BCUT2D eigenvalue weighted by Gasteiger charge is 2.38. The molecular weight excluding hydrogens is 390 g/mol. The number of rotatable bonds is 7. The van der Waals surface area contributed by atoms with Gasteiger partial charge in [-0.15, -0.1) is 0 Å². The predicted octanol–water partition coefficient (Wildman–Crippen LogP) is 2.10. The molecule has 29 heavy (non-hydrogen) atoms. The highest BCUT2D eigenvalue weighted by Crippen LogP contribution is 2.31. The molecule has 1 aromatic rings. The summed E-state index contributed by atoms with van der Waals surface area (Å²) in [6.45, 7) is 1.08. The predicted molar refractivity (Wildman–Crippen MR) is 111 cm³/mol. The molecule has 7 nitrogen and oxygen atoms in total. The van der Waals surface area contributed by atoms with Crippen LogP contribution in [0.3, 0.4) is 0 Å². The summed E-state index contributed by atoms with van der Waals surface area (Å²) in [6.07, 6.45) is 5.04. The van der Waals surface area contributed by atoms with E-state index in [1.54, 1.807) is 12.2 Å². The van der Waals surface area contributed by atoms with Crippen LogP contribution in [0.2, 0.25) is 0 Å². The molecule has 0 saturated carbocycles. The Balaban J connectivity index is 1.26. The minimum atomic E-state index is -0.526. The van der Waals surface area contributed by atoms with E-state index < -0.39 is 5.92 Å². The van der Waals surface area contributed by atoms with E-state index in [1.165, 1.54) is 10.5 Å². The standard InChI is InChI=1S/C21H21N3O4S/c25-19(22-9-8-14-5-2-1-3-6-14)7-4-10-24-20(26)15-11-17-18(28-13-27-17)12-16(15)23-21(24)29/h1-3,5-6,11-12,15H,4,7-10,13H2,(H,22,25). The highest BCUT2D eigenvalue weighted by atomic mass is 32.1. The Morgan fingerprint density at radius 1 is 1.24 bits per heavy atom. The maximum absolute atomic E-state index is 12.9. The van der Waals surface area contributed by atoms with Crippen molar-refractivity contribution in [1.29, 1.82) is 0 Å². The number of aliphatic imine (C=N–C) groups is 1. The van der Waals surface area contributed by atoms with E-state index in [4.69, 9.17) is 21.7 Å². The molecular formula is C21H21N3O4S. The summed E-state index contributed by atoms with van der Waals surface area (Å²) in [4.78, 5) is 30.8. The Morgan fingerprint density at radius 3 is 2.86 bits per heavy atom. The number of fused-ring (bicyclic) bond motifs is 2. The average molecular weight is 411 g/mol. The van der Waals surface area contributed by atoms with Crippen molar-refractivity contribution in [1.82, 2.24) is 10.2 Å². The van der Waals surface area contributed by atoms with Crippen molar-refractivity contribution < 1.29 is 19.1 Å². The largest absolute Gasteiger partial charge is 0.454 e. The molecule has 3 aliphatic rings. The molecule has 1 aromatic carbocycles. The Kier molecular flexibility index (Phi) is 5.71. The number of amides is 2. The van der Waals surface area contributed by atoms with Gasteiger partial charge in [-0.25, -0.2) is 4.99 Å². The van der Waals surface area contributed by atoms with Gasteiger partial charge in [0, 0.05) is 25.6 Å². The van der Waals surface area contributed by atoms with Crippen LogP contribution in [-0.4, -0.2) is 47.4 Å². The van der Waals surface area contributed by atoms with E-state index in [0.29, 0.717) is 43.2 Å². The van der Waals surface area contributed by atoms with Gasteiger partial charge in [-0.2, -0.15) is 0 Å². The Hall–Kier alpha value is -3.00. The molecule has 2 amide bonds. The Bertz CT molecular complexity index is 923. The molecule has 1 N–H and O–H groups in total. The van der Waals surface area contributed by atoms with E-state index in [1.807, 2.05) is 30.3 Å². The fraction of sp³-hybridized carbons (Fsp3) is 0.333. The molecule has 2 heterocycles. The number of hydrogen-bond donors (Lipinski definition) is 1. The van der Waals surface area contributed by atoms with Gasteiger partial charge in [0.15, 0.2) is 11.5 Å². The number of benzene rings is 1. The van der Waals surface area contributed by atoms with Gasteiger partial charge in [-0.1, -0.05) is 30.3 Å². The lowest BCUT2D eigenvalue weighted by Crippen LogP contribution is -2.46. The van der Waals surface area contributed by atoms with Crippen LogP contribution in [0, 0.1) is 5.92 Å². The molecule has 0 radical (unpaired) electrons. The molecule has 2 aliphatic heterocycles. The Morgan fingerprint density at radius 2 is 2.03 bits per heavy atom. The Labute approximate surface area is 174 Å². The smallest absolute Gasteiger partial charge is 0.241 e. The lowest BCUT2D eigenvalue weighted by atomic mass is 9.94. The third kappa shape index (κ3) is 4.37. The molecule has 1 saturated heterocycles. The van der Waals surface area contributed by atoms with Crippen molar-refractivity contribution in [2.24, 2.45) is 10.9 Å². The lowest BCUT2D eigenvalue weighted by molar-refractivity contribution is -0.129. The molecule has 0 aromatic heterocycles. The van der Waals surface area contributed by atoms with Crippen molar-refractivity contribution in [2.45, 2.75) is 19.3 Å². The van der Waals surface area contributed by atoms with Crippen LogP contribution in [0.5, 0.6) is 0 Å². The number of hydrogen-bond acceptors (Lipinski definition) is 5. The molecule has 150 valence electrons. The number of allylic oxidation sites excluding steroid dienone is 1. The first kappa shape index (κ1) is 19.3. The molecule has 1 aliphatic carbocycles. The van der Waals surface area contributed by atoms with Gasteiger partial charge in [-0.05, 0) is 36.7 Å². The second-order valence-corrected chi connectivity index (χ2v) is 7.29. The number of ether oxygens (including phenoxy) is 2. The SMILES string of the molecule is O=C(CCCN1C(=O)C2C=C3OCOC3=CC2=NC1=S)NCCc1ccccc1. The maximum Gasteiger partial charge on any atom is 0.241 e. The fourth-order valence-corrected chi connectivity index (χ4v) is 3.70. The quantitative estimate of drug-likeness (QED) is 0.695. The van der Waals surface area contributed by atoms with E-state index in [0.717, 1.165) is 6.42 Å². The average Bonchev–Trinajstić information content (AvgIpc) is 3.17. The minimum Gasteiger partial charge on any atom is -0.454 e. The van der Waals surface area contributed by atoms with Gasteiger partial charge in [0.25, 0.3) is 0 Å². The van der Waals surface area contributed by atoms with E-state index in [9.17, 15) is 9.59 Å². The third-order valence-electron chi connectivity index (χ3n) is 4.94. The first-order valence-electron chi connectivity index (χ1n) is 9.56. The van der Waals surface area contributed by atoms with Gasteiger partial charge >= 0.3 is 0 Å². The van der Waals surface area contributed by atoms with E-state index in [2.05, 4.69) is 10.3 Å². The summed E-state index contributed by atoms with van der Waals surface area (Å²) in [7, 11) is 0. The van der Waals surface area contributed by atoms with Crippen molar-refractivity contribution in [3.63, 3.8) is 0 Å². The lowest BCUT2D eigenvalue weighted by Gasteiger charge is -2.30. The first-order chi connectivity index (χ1) is 14.1. The van der Waals surface area contributed by atoms with Crippen LogP contribution < -0.4 is 5.32 Å². The number of thiocarbonyl (C=S) groups is 1. The summed E-state index contributed by atoms with van der Waals surface area (Å²) < 4.78 is 10.7. The van der Waals surface area contributed by atoms with Crippen molar-refractivity contribution >= 4 is 34.9 Å². The second kappa shape index (κ2) is 8.57. The molecule has 0 bridgehead atoms. The third-order valence-corrected chi connectivity index (χ3v) is 5.25. The topological polar surface area (TPSA) is 80.2 Å². The molecule has 0 spiro atoms. The van der Waals surface area contributed by atoms with Gasteiger partial charge in [-0.3, -0.25) is 14.5 Å². The number of carbonyl (C=O) groups excluding carboxylic acids is 2. The molecule has 8 heteroatoms. The van der Waals surface area contributed by atoms with Gasteiger partial charge in [0.1, 0.15) is 5.92 Å². The number of carbonyl (C=O) groups is 2. The summed E-state index contributed by atoms with van der Waals surface area (Å²) in [6, 6.07) is 9.99. The molecule has 1 atom stereocenters. The maximum atomic E-state index is 12.9. The van der Waals surface area contributed by atoms with Crippen LogP contribution >= 0.6 is 12.2 Å². The highest BCUT2D eigenvalue weighted by molar-refractivity contribution is 7.80. The summed E-state index contributed by atoms with van der Waals surface area (Å²) in [5.41, 5.74) is 1.75. The van der Waals surface area contributed by atoms with Crippen LogP contribution in [0.15, 0.2) is 59.0 Å². The second-order valence-electron chi connectivity index (χ2n) is 6.92. The van der Waals surface area contributed by atoms with Crippen LogP contribution in [0.4, 0.5) is 0 Å².